The van der Waals surface area contributed by atoms with Gasteiger partial charge < -0.3 is 15.2 Å². The largest absolute Gasteiger partial charge is 0.491 e. The third kappa shape index (κ3) is 6.32. The van der Waals surface area contributed by atoms with Crippen molar-refractivity contribution in [2.75, 3.05) is 13.2 Å². The molecule has 28 heavy (non-hydrogen) atoms. The summed E-state index contributed by atoms with van der Waals surface area (Å²) >= 11 is 0. The van der Waals surface area contributed by atoms with Gasteiger partial charge in [0.15, 0.2) is 0 Å². The van der Waals surface area contributed by atoms with Crippen molar-refractivity contribution in [3.8, 4) is 5.75 Å². The minimum Gasteiger partial charge on any atom is -0.491 e. The van der Waals surface area contributed by atoms with Gasteiger partial charge >= 0.3 is 0 Å². The Labute approximate surface area is 167 Å². The predicted octanol–water partition coefficient (Wildman–Crippen LogP) is 4.50. The van der Waals surface area contributed by atoms with Crippen LogP contribution in [0.15, 0.2) is 60.9 Å². The SMILES string of the molecule is C[C@H](CCCCc1cccc(OCCO)c1)NCc1ccc2cnccc2c1. The highest BCUT2D eigenvalue weighted by atomic mass is 16.5. The molecule has 1 atom stereocenters. The first-order chi connectivity index (χ1) is 13.7. The van der Waals surface area contributed by atoms with E-state index in [0.29, 0.717) is 12.6 Å². The van der Waals surface area contributed by atoms with E-state index in [1.807, 2.05) is 24.5 Å². The number of aliphatic hydroxyl groups excluding tert-OH is 1. The quantitative estimate of drug-likeness (QED) is 0.483. The maximum absolute atomic E-state index is 8.85. The van der Waals surface area contributed by atoms with Crippen LogP contribution in [0.2, 0.25) is 0 Å². The summed E-state index contributed by atoms with van der Waals surface area (Å²) in [5.41, 5.74) is 2.60. The maximum Gasteiger partial charge on any atom is 0.119 e. The third-order valence-electron chi connectivity index (χ3n) is 4.97. The molecule has 0 radical (unpaired) electrons. The fourth-order valence-electron chi connectivity index (χ4n) is 3.37. The Balaban J connectivity index is 1.36. The van der Waals surface area contributed by atoms with Crippen LogP contribution >= 0.6 is 0 Å². The number of aryl methyl sites for hydroxylation is 1. The number of ether oxygens (including phenoxy) is 1. The summed E-state index contributed by atoms with van der Waals surface area (Å²) in [4.78, 5) is 4.17. The standard InChI is InChI=1S/C24H30N2O2/c1-19(26-17-21-9-10-23-18-25-12-11-22(23)15-21)5-2-3-6-20-7-4-8-24(16-20)28-14-13-27/h4,7-12,15-16,18-19,26-27H,2-3,5-6,13-14,17H2,1H3/t19-/m1/s1. The Kier molecular flexibility index (Phi) is 7.82. The minimum atomic E-state index is 0.0472. The lowest BCUT2D eigenvalue weighted by Crippen LogP contribution is -2.25. The van der Waals surface area contributed by atoms with Gasteiger partial charge in [-0.3, -0.25) is 4.98 Å². The van der Waals surface area contributed by atoms with Gasteiger partial charge in [-0.1, -0.05) is 30.7 Å². The van der Waals surface area contributed by atoms with Crippen LogP contribution in [0.3, 0.4) is 0 Å². The Bertz CT molecular complexity index is 866. The van der Waals surface area contributed by atoms with E-state index < -0.39 is 0 Å². The average molecular weight is 379 g/mol. The third-order valence-corrected chi connectivity index (χ3v) is 4.97. The van der Waals surface area contributed by atoms with Gasteiger partial charge in [-0.15, -0.1) is 0 Å². The van der Waals surface area contributed by atoms with Gasteiger partial charge in [0.2, 0.25) is 0 Å². The smallest absolute Gasteiger partial charge is 0.119 e. The van der Waals surface area contributed by atoms with Crippen LogP contribution in [0.5, 0.6) is 5.75 Å². The van der Waals surface area contributed by atoms with Gasteiger partial charge in [-0.2, -0.15) is 0 Å². The second kappa shape index (κ2) is 10.8. The van der Waals surface area contributed by atoms with E-state index in [4.69, 9.17) is 9.84 Å². The van der Waals surface area contributed by atoms with Crippen LogP contribution in [-0.4, -0.2) is 29.3 Å². The molecule has 1 aromatic heterocycles. The first-order valence-electron chi connectivity index (χ1n) is 10.1. The maximum atomic E-state index is 8.85. The van der Waals surface area contributed by atoms with E-state index >= 15 is 0 Å². The summed E-state index contributed by atoms with van der Waals surface area (Å²) in [5.74, 6) is 0.841. The van der Waals surface area contributed by atoms with Gasteiger partial charge in [-0.25, -0.2) is 0 Å². The number of nitrogens with one attached hydrogen (secondary N) is 1. The van der Waals surface area contributed by atoms with Crippen molar-refractivity contribution in [3.63, 3.8) is 0 Å². The zero-order chi connectivity index (χ0) is 19.6. The molecule has 0 amide bonds. The topological polar surface area (TPSA) is 54.4 Å². The van der Waals surface area contributed by atoms with Gasteiger partial charge in [0.25, 0.3) is 0 Å². The number of nitrogens with zero attached hydrogens (tertiary/aromatic N) is 1. The minimum absolute atomic E-state index is 0.0472. The molecule has 0 aliphatic carbocycles. The van der Waals surface area contributed by atoms with Crippen molar-refractivity contribution in [1.29, 1.82) is 0 Å². The predicted molar refractivity (Wildman–Crippen MR) is 115 cm³/mol. The lowest BCUT2D eigenvalue weighted by Gasteiger charge is -2.14. The van der Waals surface area contributed by atoms with Crippen molar-refractivity contribution >= 4 is 10.8 Å². The van der Waals surface area contributed by atoms with Crippen molar-refractivity contribution in [1.82, 2.24) is 10.3 Å². The lowest BCUT2D eigenvalue weighted by atomic mass is 10.0. The summed E-state index contributed by atoms with van der Waals surface area (Å²) in [5, 5.41) is 14.9. The summed E-state index contributed by atoms with van der Waals surface area (Å²) in [6, 6.07) is 17.3. The van der Waals surface area contributed by atoms with Crippen LogP contribution in [0, 0.1) is 0 Å². The molecule has 0 saturated carbocycles. The van der Waals surface area contributed by atoms with Crippen LogP contribution in [-0.2, 0) is 13.0 Å². The molecule has 0 aliphatic rings. The number of fused-ring (bicyclic) bond motifs is 1. The van der Waals surface area contributed by atoms with Gasteiger partial charge in [0.05, 0.1) is 6.61 Å². The molecule has 0 fully saturated rings. The number of benzene rings is 2. The van der Waals surface area contributed by atoms with E-state index in [1.165, 1.54) is 34.7 Å². The molecule has 0 saturated heterocycles. The second-order valence-corrected chi connectivity index (χ2v) is 7.30. The highest BCUT2D eigenvalue weighted by molar-refractivity contribution is 5.81. The highest BCUT2D eigenvalue weighted by Gasteiger charge is 2.04. The van der Waals surface area contributed by atoms with Crippen LogP contribution in [0.1, 0.15) is 37.3 Å². The number of unbranched alkanes of at least 4 members (excludes halogenated alkanes) is 1. The fraction of sp³-hybridized carbons (Fsp3) is 0.375. The second-order valence-electron chi connectivity index (χ2n) is 7.30. The van der Waals surface area contributed by atoms with E-state index in [2.05, 4.69) is 53.6 Å². The summed E-state index contributed by atoms with van der Waals surface area (Å²) in [6.07, 6.45) is 8.33. The molecule has 4 heteroatoms. The van der Waals surface area contributed by atoms with E-state index in [-0.39, 0.29) is 6.61 Å². The Hall–Kier alpha value is -2.43. The van der Waals surface area contributed by atoms with Crippen molar-refractivity contribution in [2.45, 2.75) is 45.2 Å². The summed E-state index contributed by atoms with van der Waals surface area (Å²) < 4.78 is 5.48. The van der Waals surface area contributed by atoms with E-state index in [1.54, 1.807) is 0 Å². The number of pyridine rings is 1. The van der Waals surface area contributed by atoms with Crippen molar-refractivity contribution < 1.29 is 9.84 Å². The van der Waals surface area contributed by atoms with E-state index in [9.17, 15) is 0 Å². The van der Waals surface area contributed by atoms with Crippen LogP contribution in [0.4, 0.5) is 0 Å². The average Bonchev–Trinajstić information content (AvgIpc) is 2.74. The zero-order valence-electron chi connectivity index (χ0n) is 16.6. The Morgan fingerprint density at radius 2 is 1.96 bits per heavy atom. The molecule has 3 rings (SSSR count). The molecule has 0 unspecified atom stereocenters. The van der Waals surface area contributed by atoms with E-state index in [0.717, 1.165) is 25.1 Å². The molecule has 0 bridgehead atoms. The van der Waals surface area contributed by atoms with Crippen molar-refractivity contribution in [3.05, 3.63) is 72.1 Å². The molecular weight excluding hydrogens is 348 g/mol. The van der Waals surface area contributed by atoms with Gasteiger partial charge in [-0.05, 0) is 67.0 Å². The van der Waals surface area contributed by atoms with Crippen LogP contribution < -0.4 is 10.1 Å². The van der Waals surface area contributed by atoms with Gasteiger partial charge in [0.1, 0.15) is 12.4 Å². The summed E-state index contributed by atoms with van der Waals surface area (Å²) in [7, 11) is 0. The molecule has 0 spiro atoms. The molecule has 1 heterocycles. The molecule has 2 aromatic carbocycles. The number of rotatable bonds is 11. The lowest BCUT2D eigenvalue weighted by molar-refractivity contribution is 0.201. The Morgan fingerprint density at radius 1 is 1.04 bits per heavy atom. The van der Waals surface area contributed by atoms with Gasteiger partial charge in [0, 0.05) is 30.4 Å². The number of hydrogen-bond donors (Lipinski definition) is 2. The zero-order valence-corrected chi connectivity index (χ0v) is 16.6. The first-order valence-corrected chi connectivity index (χ1v) is 10.1. The first kappa shape index (κ1) is 20.3. The monoisotopic (exact) mass is 378 g/mol. The molecular formula is C24H30N2O2. The molecule has 2 N–H and O–H groups in total. The highest BCUT2D eigenvalue weighted by Crippen LogP contribution is 2.17. The summed E-state index contributed by atoms with van der Waals surface area (Å²) in [6.45, 7) is 3.55. The number of aromatic nitrogens is 1. The van der Waals surface area contributed by atoms with Crippen LogP contribution in [0.25, 0.3) is 10.8 Å². The number of hydrogen-bond acceptors (Lipinski definition) is 4. The molecule has 0 aliphatic heterocycles. The molecule has 4 nitrogen and oxygen atoms in total. The molecule has 148 valence electrons. The Morgan fingerprint density at radius 3 is 2.86 bits per heavy atom. The fourth-order valence-corrected chi connectivity index (χ4v) is 3.37. The number of aliphatic hydroxyl groups is 1. The molecule has 3 aromatic rings. The van der Waals surface area contributed by atoms with Crippen molar-refractivity contribution in [2.24, 2.45) is 0 Å². The normalized spacial score (nSPS) is 12.2.